The van der Waals surface area contributed by atoms with Gasteiger partial charge in [0.15, 0.2) is 5.76 Å². The summed E-state index contributed by atoms with van der Waals surface area (Å²) in [7, 11) is 0. The molecule has 0 aliphatic heterocycles. The van der Waals surface area contributed by atoms with Gasteiger partial charge in [-0.15, -0.1) is 0 Å². The van der Waals surface area contributed by atoms with E-state index in [1.807, 2.05) is 0 Å². The van der Waals surface area contributed by atoms with E-state index in [0.29, 0.717) is 0 Å². The van der Waals surface area contributed by atoms with Crippen LogP contribution in [0.15, 0.2) is 16.5 Å². The van der Waals surface area contributed by atoms with E-state index in [-0.39, 0.29) is 17.8 Å². The molecular formula is C11H15N3O4. The Morgan fingerprint density at radius 3 is 2.61 bits per heavy atom. The number of furan rings is 1. The van der Waals surface area contributed by atoms with E-state index in [0.717, 1.165) is 25.7 Å². The van der Waals surface area contributed by atoms with Crippen molar-refractivity contribution in [3.05, 3.63) is 28.0 Å². The third-order valence-electron chi connectivity index (χ3n) is 3.10. The molecule has 1 fully saturated rings. The molecule has 1 heterocycles. The van der Waals surface area contributed by atoms with Crippen molar-refractivity contribution < 1.29 is 14.1 Å². The Morgan fingerprint density at radius 1 is 1.39 bits per heavy atom. The minimum Gasteiger partial charge on any atom is -0.395 e. The fourth-order valence-electron chi connectivity index (χ4n) is 2.07. The summed E-state index contributed by atoms with van der Waals surface area (Å²) in [6, 6.07) is 2.76. The van der Waals surface area contributed by atoms with Crippen LogP contribution < -0.4 is 11.1 Å². The lowest BCUT2D eigenvalue weighted by Gasteiger charge is -2.26. The highest BCUT2D eigenvalue weighted by atomic mass is 16.6. The summed E-state index contributed by atoms with van der Waals surface area (Å²) in [4.78, 5) is 21.5. The Labute approximate surface area is 103 Å². The smallest absolute Gasteiger partial charge is 0.395 e. The van der Waals surface area contributed by atoms with Gasteiger partial charge in [-0.2, -0.15) is 0 Å². The lowest BCUT2D eigenvalue weighted by molar-refractivity contribution is -0.402. The quantitative estimate of drug-likeness (QED) is 0.620. The van der Waals surface area contributed by atoms with Crippen molar-refractivity contribution in [2.45, 2.75) is 37.8 Å². The van der Waals surface area contributed by atoms with Gasteiger partial charge in [-0.1, -0.05) is 0 Å². The predicted molar refractivity (Wildman–Crippen MR) is 63.1 cm³/mol. The van der Waals surface area contributed by atoms with Gasteiger partial charge in [0.1, 0.15) is 4.92 Å². The van der Waals surface area contributed by atoms with Crippen molar-refractivity contribution in [1.29, 1.82) is 0 Å². The molecule has 1 aliphatic carbocycles. The largest absolute Gasteiger partial charge is 0.433 e. The number of nitrogens with two attached hydrogens (primary N) is 1. The maximum Gasteiger partial charge on any atom is 0.433 e. The maximum absolute atomic E-state index is 11.8. The molecule has 2 rings (SSSR count). The minimum atomic E-state index is -0.670. The molecule has 3 N–H and O–H groups in total. The average Bonchev–Trinajstić information content (AvgIpc) is 2.81. The standard InChI is InChI=1S/C11H15N3O4/c12-7-1-3-8(4-2-7)13-11(15)9-5-6-10(18-9)14(16)17/h5-8H,1-4,12H2,(H,13,15). The van der Waals surface area contributed by atoms with Crippen LogP contribution in [0.1, 0.15) is 36.2 Å². The number of hydrogen-bond acceptors (Lipinski definition) is 5. The van der Waals surface area contributed by atoms with Gasteiger partial charge in [-0.3, -0.25) is 14.9 Å². The van der Waals surface area contributed by atoms with E-state index in [4.69, 9.17) is 10.2 Å². The van der Waals surface area contributed by atoms with Crippen molar-refractivity contribution in [3.8, 4) is 0 Å². The molecule has 18 heavy (non-hydrogen) atoms. The summed E-state index contributed by atoms with van der Waals surface area (Å²) in [6.07, 6.45) is 3.41. The zero-order valence-electron chi connectivity index (χ0n) is 9.80. The molecule has 0 unspecified atom stereocenters. The molecule has 0 radical (unpaired) electrons. The third kappa shape index (κ3) is 2.86. The van der Waals surface area contributed by atoms with Crippen LogP contribution in [-0.2, 0) is 0 Å². The highest BCUT2D eigenvalue weighted by Gasteiger charge is 2.23. The Bertz CT molecular complexity index is 449. The summed E-state index contributed by atoms with van der Waals surface area (Å²) >= 11 is 0. The zero-order chi connectivity index (χ0) is 13.1. The molecule has 0 saturated heterocycles. The summed E-state index contributed by atoms with van der Waals surface area (Å²) in [5, 5.41) is 13.2. The SMILES string of the molecule is NC1CCC(NC(=O)c2ccc([N+](=O)[O-])o2)CC1. The Kier molecular flexibility index (Phi) is 3.61. The molecule has 1 saturated carbocycles. The van der Waals surface area contributed by atoms with E-state index < -0.39 is 16.7 Å². The second kappa shape index (κ2) is 5.18. The van der Waals surface area contributed by atoms with Crippen LogP contribution in [0.4, 0.5) is 5.88 Å². The maximum atomic E-state index is 11.8. The number of carbonyl (C=O) groups excluding carboxylic acids is 1. The van der Waals surface area contributed by atoms with E-state index in [1.165, 1.54) is 12.1 Å². The molecule has 1 aromatic rings. The number of nitro groups is 1. The second-order valence-corrected chi connectivity index (χ2v) is 4.48. The Balaban J connectivity index is 1.93. The average molecular weight is 253 g/mol. The highest BCUT2D eigenvalue weighted by molar-refractivity contribution is 5.91. The summed E-state index contributed by atoms with van der Waals surface area (Å²) < 4.78 is 4.83. The molecule has 0 aromatic carbocycles. The van der Waals surface area contributed by atoms with Crippen LogP contribution >= 0.6 is 0 Å². The normalized spacial score (nSPS) is 23.6. The van der Waals surface area contributed by atoms with Gasteiger partial charge in [-0.25, -0.2) is 0 Å². The van der Waals surface area contributed by atoms with Gasteiger partial charge >= 0.3 is 5.88 Å². The number of carbonyl (C=O) groups is 1. The van der Waals surface area contributed by atoms with Crippen LogP contribution in [0.3, 0.4) is 0 Å². The van der Waals surface area contributed by atoms with Gasteiger partial charge in [0.05, 0.1) is 6.07 Å². The first-order chi connectivity index (χ1) is 8.56. The van der Waals surface area contributed by atoms with Gasteiger partial charge in [0, 0.05) is 12.1 Å². The van der Waals surface area contributed by atoms with Crippen LogP contribution in [0, 0.1) is 10.1 Å². The van der Waals surface area contributed by atoms with Gasteiger partial charge in [0.25, 0.3) is 5.91 Å². The molecule has 1 aromatic heterocycles. The monoisotopic (exact) mass is 253 g/mol. The minimum absolute atomic E-state index is 0.0310. The van der Waals surface area contributed by atoms with Crippen LogP contribution in [0.5, 0.6) is 0 Å². The topological polar surface area (TPSA) is 111 Å². The molecule has 98 valence electrons. The van der Waals surface area contributed by atoms with Crippen LogP contribution in [0.2, 0.25) is 0 Å². The summed E-state index contributed by atoms with van der Waals surface area (Å²) in [6.45, 7) is 0. The van der Waals surface area contributed by atoms with Crippen LogP contribution in [0.25, 0.3) is 0 Å². The molecule has 0 spiro atoms. The predicted octanol–water partition coefficient (Wildman–Crippen LogP) is 1.19. The molecule has 7 nitrogen and oxygen atoms in total. The number of nitrogens with zero attached hydrogens (tertiary/aromatic N) is 1. The van der Waals surface area contributed by atoms with Gasteiger partial charge < -0.3 is 15.5 Å². The van der Waals surface area contributed by atoms with Gasteiger partial charge in [-0.05, 0) is 31.7 Å². The zero-order valence-corrected chi connectivity index (χ0v) is 9.80. The molecular weight excluding hydrogens is 238 g/mol. The van der Waals surface area contributed by atoms with Crippen molar-refractivity contribution in [2.75, 3.05) is 0 Å². The highest BCUT2D eigenvalue weighted by Crippen LogP contribution is 2.19. The van der Waals surface area contributed by atoms with Crippen molar-refractivity contribution in [2.24, 2.45) is 5.73 Å². The summed E-state index contributed by atoms with van der Waals surface area (Å²) in [5.74, 6) is -0.869. The Hall–Kier alpha value is -1.89. The van der Waals surface area contributed by atoms with E-state index in [2.05, 4.69) is 5.32 Å². The molecule has 1 aliphatic rings. The molecule has 1 amide bonds. The lowest BCUT2D eigenvalue weighted by Crippen LogP contribution is -2.40. The number of amides is 1. The van der Waals surface area contributed by atoms with Crippen molar-refractivity contribution >= 4 is 11.8 Å². The molecule has 7 heteroatoms. The first-order valence-electron chi connectivity index (χ1n) is 5.87. The Morgan fingerprint density at radius 2 is 2.06 bits per heavy atom. The number of nitrogens with one attached hydrogen (secondary N) is 1. The number of rotatable bonds is 3. The first kappa shape index (κ1) is 12.6. The molecule has 0 bridgehead atoms. The van der Waals surface area contributed by atoms with E-state index in [9.17, 15) is 14.9 Å². The van der Waals surface area contributed by atoms with Crippen molar-refractivity contribution in [1.82, 2.24) is 5.32 Å². The lowest BCUT2D eigenvalue weighted by atomic mass is 9.92. The summed E-state index contributed by atoms with van der Waals surface area (Å²) in [5.41, 5.74) is 5.77. The molecule has 0 atom stereocenters. The van der Waals surface area contributed by atoms with E-state index in [1.54, 1.807) is 0 Å². The fraction of sp³-hybridized carbons (Fsp3) is 0.545. The van der Waals surface area contributed by atoms with Crippen LogP contribution in [-0.4, -0.2) is 22.9 Å². The third-order valence-corrected chi connectivity index (χ3v) is 3.10. The first-order valence-corrected chi connectivity index (χ1v) is 5.87. The van der Waals surface area contributed by atoms with E-state index >= 15 is 0 Å². The fourth-order valence-corrected chi connectivity index (χ4v) is 2.07. The van der Waals surface area contributed by atoms with Crippen molar-refractivity contribution in [3.63, 3.8) is 0 Å². The number of hydrogen-bond donors (Lipinski definition) is 2. The second-order valence-electron chi connectivity index (χ2n) is 4.48. The van der Waals surface area contributed by atoms with Gasteiger partial charge in [0.2, 0.25) is 0 Å².